The summed E-state index contributed by atoms with van der Waals surface area (Å²) in [5, 5.41) is 4.36. The molecule has 182 valence electrons. The molecular formula is C24H32N6O4. The van der Waals surface area contributed by atoms with E-state index in [4.69, 9.17) is 4.74 Å². The Balaban J connectivity index is 1.23. The number of ether oxygens (including phenoxy) is 1. The SMILES string of the molecule is Cc1c(C(=O)N2CC3(CCN(C(=O)OC(C)(C)C)CC3)C2)cnn1-c1nc2c(c(=O)[nH]1)CCC2. The predicted molar refractivity (Wildman–Crippen MR) is 124 cm³/mol. The number of carbonyl (C=O) groups is 2. The highest BCUT2D eigenvalue weighted by Crippen LogP contribution is 2.41. The highest BCUT2D eigenvalue weighted by molar-refractivity contribution is 5.95. The molecule has 2 fully saturated rings. The summed E-state index contributed by atoms with van der Waals surface area (Å²) in [4.78, 5) is 48.9. The lowest BCUT2D eigenvalue weighted by molar-refractivity contribution is -0.0395. The summed E-state index contributed by atoms with van der Waals surface area (Å²) in [6.07, 6.45) is 5.48. The average Bonchev–Trinajstić information content (AvgIpc) is 3.37. The van der Waals surface area contributed by atoms with E-state index in [1.807, 2.05) is 32.6 Å². The molecule has 0 atom stereocenters. The Hall–Kier alpha value is -3.17. The molecule has 2 amide bonds. The van der Waals surface area contributed by atoms with Crippen LogP contribution in [0.15, 0.2) is 11.0 Å². The Morgan fingerprint density at radius 3 is 2.50 bits per heavy atom. The van der Waals surface area contributed by atoms with Crippen molar-refractivity contribution < 1.29 is 14.3 Å². The minimum atomic E-state index is -0.503. The molecule has 34 heavy (non-hydrogen) atoms. The molecule has 10 heteroatoms. The van der Waals surface area contributed by atoms with Crippen LogP contribution in [0.1, 0.15) is 67.3 Å². The van der Waals surface area contributed by atoms with E-state index in [1.165, 1.54) is 0 Å². The maximum Gasteiger partial charge on any atom is 0.410 e. The van der Waals surface area contributed by atoms with Crippen LogP contribution >= 0.6 is 0 Å². The number of nitrogens with one attached hydrogen (secondary N) is 1. The zero-order valence-corrected chi connectivity index (χ0v) is 20.3. The van der Waals surface area contributed by atoms with Crippen molar-refractivity contribution in [3.05, 3.63) is 39.1 Å². The van der Waals surface area contributed by atoms with Crippen molar-refractivity contribution in [1.82, 2.24) is 29.5 Å². The van der Waals surface area contributed by atoms with Crippen molar-refractivity contribution >= 4 is 12.0 Å². The molecule has 4 heterocycles. The number of hydrogen-bond donors (Lipinski definition) is 1. The lowest BCUT2D eigenvalue weighted by Gasteiger charge is -2.53. The van der Waals surface area contributed by atoms with Gasteiger partial charge in [0, 0.05) is 37.2 Å². The molecule has 5 rings (SSSR count). The number of aryl methyl sites for hydroxylation is 1. The van der Waals surface area contributed by atoms with E-state index < -0.39 is 5.60 Å². The summed E-state index contributed by atoms with van der Waals surface area (Å²) in [5.74, 6) is 0.296. The summed E-state index contributed by atoms with van der Waals surface area (Å²) < 4.78 is 7.03. The van der Waals surface area contributed by atoms with E-state index in [-0.39, 0.29) is 23.0 Å². The number of fused-ring (bicyclic) bond motifs is 1. The van der Waals surface area contributed by atoms with Crippen molar-refractivity contribution in [3.8, 4) is 5.95 Å². The van der Waals surface area contributed by atoms with Gasteiger partial charge in [0.25, 0.3) is 11.5 Å². The molecule has 2 aromatic heterocycles. The third-order valence-corrected chi connectivity index (χ3v) is 7.19. The molecule has 0 saturated carbocycles. The maximum absolute atomic E-state index is 13.2. The molecule has 0 bridgehead atoms. The van der Waals surface area contributed by atoms with Crippen LogP contribution in [-0.2, 0) is 17.6 Å². The molecule has 10 nitrogen and oxygen atoms in total. The van der Waals surface area contributed by atoms with Gasteiger partial charge in [-0.05, 0) is 59.8 Å². The van der Waals surface area contributed by atoms with Crippen LogP contribution in [0.2, 0.25) is 0 Å². The standard InChI is InChI=1S/C24H32N6O4/c1-15-17(12-25-30(15)21-26-18-7-5-6-16(18)19(31)27-21)20(32)29-13-24(14-29)8-10-28(11-9-24)22(33)34-23(2,3)4/h12H,5-11,13-14H2,1-4H3,(H,26,27,31). The van der Waals surface area contributed by atoms with Crippen LogP contribution < -0.4 is 5.56 Å². The molecule has 0 aromatic carbocycles. The first kappa shape index (κ1) is 22.6. The van der Waals surface area contributed by atoms with Gasteiger partial charge in [0.2, 0.25) is 5.95 Å². The van der Waals surface area contributed by atoms with Gasteiger partial charge >= 0.3 is 6.09 Å². The van der Waals surface area contributed by atoms with Gasteiger partial charge in [-0.2, -0.15) is 5.10 Å². The van der Waals surface area contributed by atoms with E-state index in [9.17, 15) is 14.4 Å². The number of amides is 2. The first-order valence-corrected chi connectivity index (χ1v) is 12.0. The van der Waals surface area contributed by atoms with E-state index in [0.29, 0.717) is 43.4 Å². The molecule has 2 aliphatic heterocycles. The Bertz CT molecular complexity index is 1190. The number of H-pyrrole nitrogens is 1. The summed E-state index contributed by atoms with van der Waals surface area (Å²) in [7, 11) is 0. The van der Waals surface area contributed by atoms with E-state index in [0.717, 1.165) is 43.4 Å². The van der Waals surface area contributed by atoms with E-state index in [1.54, 1.807) is 15.8 Å². The molecule has 1 spiro atoms. The quantitative estimate of drug-likeness (QED) is 0.723. The summed E-state index contributed by atoms with van der Waals surface area (Å²) in [6.45, 7) is 10.1. The second-order valence-corrected chi connectivity index (χ2v) is 10.9. The van der Waals surface area contributed by atoms with Gasteiger partial charge in [-0.1, -0.05) is 0 Å². The van der Waals surface area contributed by atoms with Crippen molar-refractivity contribution in [3.63, 3.8) is 0 Å². The van der Waals surface area contributed by atoms with Crippen LogP contribution in [0.25, 0.3) is 5.95 Å². The van der Waals surface area contributed by atoms with Gasteiger partial charge in [0.05, 0.1) is 23.1 Å². The highest BCUT2D eigenvalue weighted by atomic mass is 16.6. The minimum Gasteiger partial charge on any atom is -0.444 e. The fourth-order valence-corrected chi connectivity index (χ4v) is 5.25. The fourth-order valence-electron chi connectivity index (χ4n) is 5.25. The number of rotatable bonds is 2. The Morgan fingerprint density at radius 2 is 1.82 bits per heavy atom. The zero-order valence-electron chi connectivity index (χ0n) is 20.3. The second-order valence-electron chi connectivity index (χ2n) is 10.9. The number of aromatic amines is 1. The monoisotopic (exact) mass is 468 g/mol. The van der Waals surface area contributed by atoms with Gasteiger partial charge < -0.3 is 14.5 Å². The van der Waals surface area contributed by atoms with Crippen molar-refractivity contribution in [1.29, 1.82) is 0 Å². The first-order chi connectivity index (χ1) is 16.1. The average molecular weight is 469 g/mol. The number of nitrogens with zero attached hydrogens (tertiary/aromatic N) is 5. The normalized spacial score (nSPS) is 19.2. The Labute approximate surface area is 198 Å². The van der Waals surface area contributed by atoms with Crippen LogP contribution in [0.5, 0.6) is 0 Å². The van der Waals surface area contributed by atoms with Crippen LogP contribution in [-0.4, -0.2) is 73.3 Å². The van der Waals surface area contributed by atoms with E-state index >= 15 is 0 Å². The third kappa shape index (κ3) is 3.99. The van der Waals surface area contributed by atoms with Gasteiger partial charge in [-0.25, -0.2) is 14.5 Å². The predicted octanol–water partition coefficient (Wildman–Crippen LogP) is 2.23. The van der Waals surface area contributed by atoms with Gasteiger partial charge in [0.15, 0.2) is 0 Å². The van der Waals surface area contributed by atoms with Gasteiger partial charge in [-0.3, -0.25) is 14.6 Å². The molecule has 1 N–H and O–H groups in total. The largest absolute Gasteiger partial charge is 0.444 e. The van der Waals surface area contributed by atoms with Crippen LogP contribution in [0.4, 0.5) is 4.79 Å². The van der Waals surface area contributed by atoms with Crippen molar-refractivity contribution in [2.24, 2.45) is 5.41 Å². The molecule has 3 aliphatic rings. The lowest BCUT2D eigenvalue weighted by atomic mass is 9.72. The number of aromatic nitrogens is 4. The summed E-state index contributed by atoms with van der Waals surface area (Å²) in [6, 6.07) is 0. The number of piperidine rings is 1. The van der Waals surface area contributed by atoms with Crippen LogP contribution in [0.3, 0.4) is 0 Å². The Morgan fingerprint density at radius 1 is 1.12 bits per heavy atom. The topological polar surface area (TPSA) is 113 Å². The lowest BCUT2D eigenvalue weighted by Crippen LogP contribution is -2.62. The van der Waals surface area contributed by atoms with Crippen molar-refractivity contribution in [2.75, 3.05) is 26.2 Å². The summed E-state index contributed by atoms with van der Waals surface area (Å²) >= 11 is 0. The third-order valence-electron chi connectivity index (χ3n) is 7.19. The number of likely N-dealkylation sites (tertiary alicyclic amines) is 2. The second kappa shape index (κ2) is 7.95. The van der Waals surface area contributed by atoms with Crippen LogP contribution in [0, 0.1) is 12.3 Å². The molecule has 0 unspecified atom stereocenters. The van der Waals surface area contributed by atoms with Gasteiger partial charge in [-0.15, -0.1) is 0 Å². The molecule has 0 radical (unpaired) electrons. The molecular weight excluding hydrogens is 436 g/mol. The number of carbonyl (C=O) groups excluding carboxylic acids is 2. The maximum atomic E-state index is 13.2. The summed E-state index contributed by atoms with van der Waals surface area (Å²) in [5.41, 5.74) is 2.19. The fraction of sp³-hybridized carbons (Fsp3) is 0.625. The zero-order chi connectivity index (χ0) is 24.3. The Kier molecular flexibility index (Phi) is 5.29. The molecule has 2 aromatic rings. The van der Waals surface area contributed by atoms with E-state index in [2.05, 4.69) is 15.1 Å². The molecule has 2 saturated heterocycles. The van der Waals surface area contributed by atoms with Crippen molar-refractivity contribution in [2.45, 2.75) is 65.4 Å². The highest BCUT2D eigenvalue weighted by Gasteiger charge is 2.48. The smallest absolute Gasteiger partial charge is 0.410 e. The first-order valence-electron chi connectivity index (χ1n) is 12.0. The number of hydrogen-bond acceptors (Lipinski definition) is 6. The minimum absolute atomic E-state index is 0.0604. The molecule has 1 aliphatic carbocycles. The van der Waals surface area contributed by atoms with Gasteiger partial charge in [0.1, 0.15) is 5.60 Å².